The molecular weight excluding hydrogens is 392 g/mol. The van der Waals surface area contributed by atoms with Crippen molar-refractivity contribution in [1.29, 1.82) is 0 Å². The number of halogens is 1. The molecular formula is C21H35ClN4O3. The van der Waals surface area contributed by atoms with Crippen molar-refractivity contribution in [2.75, 3.05) is 26.2 Å². The van der Waals surface area contributed by atoms with E-state index in [0.29, 0.717) is 22.7 Å². The van der Waals surface area contributed by atoms with E-state index in [0.717, 1.165) is 39.0 Å². The van der Waals surface area contributed by atoms with E-state index in [-0.39, 0.29) is 42.4 Å². The summed E-state index contributed by atoms with van der Waals surface area (Å²) in [5.41, 5.74) is 1.52. The summed E-state index contributed by atoms with van der Waals surface area (Å²) in [5.74, 6) is 0.321. The van der Waals surface area contributed by atoms with Crippen LogP contribution in [-0.4, -0.2) is 53.5 Å². The molecule has 1 aromatic rings. The number of nitrogens with zero attached hydrogens (tertiary/aromatic N) is 2. The Balaban J connectivity index is 0.00000420. The van der Waals surface area contributed by atoms with Crippen molar-refractivity contribution in [2.45, 2.75) is 60.0 Å². The highest BCUT2D eigenvalue weighted by Crippen LogP contribution is 2.21. The Bertz CT molecular complexity index is 768. The molecule has 0 aromatic carbocycles. The third-order valence-corrected chi connectivity index (χ3v) is 5.32. The van der Waals surface area contributed by atoms with E-state index in [2.05, 4.69) is 17.6 Å². The fraction of sp³-hybridized carbons (Fsp3) is 0.667. The number of amides is 2. The average Bonchev–Trinajstić information content (AvgIpc) is 2.63. The molecule has 0 radical (unpaired) electrons. The summed E-state index contributed by atoms with van der Waals surface area (Å²) in [6, 6.07) is 1.46. The predicted molar refractivity (Wildman–Crippen MR) is 118 cm³/mol. The Kier molecular flexibility index (Phi) is 9.86. The summed E-state index contributed by atoms with van der Waals surface area (Å²) in [7, 11) is 0. The summed E-state index contributed by atoms with van der Waals surface area (Å²) in [6.45, 7) is 12.7. The molecule has 164 valence electrons. The number of aromatic nitrogens is 1. The molecule has 1 fully saturated rings. The van der Waals surface area contributed by atoms with Gasteiger partial charge in [0.1, 0.15) is 6.54 Å². The Morgan fingerprint density at radius 1 is 1.21 bits per heavy atom. The summed E-state index contributed by atoms with van der Waals surface area (Å²) >= 11 is 0. The van der Waals surface area contributed by atoms with Crippen molar-refractivity contribution < 1.29 is 9.59 Å². The Labute approximate surface area is 179 Å². The van der Waals surface area contributed by atoms with E-state index in [9.17, 15) is 14.4 Å². The van der Waals surface area contributed by atoms with Gasteiger partial charge in [0.05, 0.1) is 5.56 Å². The molecule has 1 aromatic heterocycles. The highest BCUT2D eigenvalue weighted by atomic mass is 35.5. The molecule has 1 aliphatic heterocycles. The highest BCUT2D eigenvalue weighted by Gasteiger charge is 2.27. The second kappa shape index (κ2) is 11.4. The normalized spacial score (nSPS) is 14.6. The molecule has 1 saturated heterocycles. The van der Waals surface area contributed by atoms with E-state index in [1.165, 1.54) is 10.6 Å². The van der Waals surface area contributed by atoms with Crippen LogP contribution < -0.4 is 16.2 Å². The third-order valence-electron chi connectivity index (χ3n) is 5.32. The van der Waals surface area contributed by atoms with E-state index in [1.54, 1.807) is 13.8 Å². The second-order valence-electron chi connectivity index (χ2n) is 7.98. The van der Waals surface area contributed by atoms with Crippen LogP contribution in [-0.2, 0) is 11.3 Å². The van der Waals surface area contributed by atoms with Gasteiger partial charge in [-0.3, -0.25) is 14.4 Å². The molecule has 2 heterocycles. The number of hydrogen-bond acceptors (Lipinski definition) is 4. The van der Waals surface area contributed by atoms with E-state index in [4.69, 9.17) is 0 Å². The molecule has 8 heteroatoms. The number of carbonyl (C=O) groups excluding carboxylic acids is 2. The minimum atomic E-state index is -0.255. The standard InChI is InChI=1S/C21H34N4O3.ClH/c1-6-22-12-17-7-9-24(10-8-17)21(28)20-15(4)11-19(27)25(16(20)5)13-18(26)23-14(2)3;/h11,14,17,22H,6-10,12-13H2,1-5H3,(H,23,26);1H. The number of likely N-dealkylation sites (tertiary alicyclic amines) is 1. The summed E-state index contributed by atoms with van der Waals surface area (Å²) < 4.78 is 1.40. The lowest BCUT2D eigenvalue weighted by molar-refractivity contribution is -0.122. The maximum Gasteiger partial charge on any atom is 0.255 e. The predicted octanol–water partition coefficient (Wildman–Crippen LogP) is 1.87. The van der Waals surface area contributed by atoms with Crippen LogP contribution in [0.4, 0.5) is 0 Å². The third kappa shape index (κ3) is 6.57. The number of pyridine rings is 1. The largest absolute Gasteiger partial charge is 0.352 e. The molecule has 29 heavy (non-hydrogen) atoms. The Morgan fingerprint density at radius 3 is 2.38 bits per heavy atom. The van der Waals surface area contributed by atoms with Gasteiger partial charge in [-0.1, -0.05) is 6.92 Å². The van der Waals surface area contributed by atoms with Crippen molar-refractivity contribution >= 4 is 24.2 Å². The molecule has 0 spiro atoms. The molecule has 2 rings (SSSR count). The van der Waals surface area contributed by atoms with Gasteiger partial charge in [0.15, 0.2) is 0 Å². The maximum atomic E-state index is 13.2. The molecule has 2 N–H and O–H groups in total. The van der Waals surface area contributed by atoms with Crippen molar-refractivity contribution in [3.05, 3.63) is 33.2 Å². The molecule has 0 atom stereocenters. The fourth-order valence-corrected chi connectivity index (χ4v) is 3.80. The molecule has 0 aliphatic carbocycles. The molecule has 1 aliphatic rings. The van der Waals surface area contributed by atoms with Gasteiger partial charge in [-0.25, -0.2) is 0 Å². The average molecular weight is 427 g/mol. The van der Waals surface area contributed by atoms with E-state index >= 15 is 0 Å². The van der Waals surface area contributed by atoms with E-state index < -0.39 is 0 Å². The van der Waals surface area contributed by atoms with Gasteiger partial charge >= 0.3 is 0 Å². The van der Waals surface area contributed by atoms with Crippen LogP contribution in [0.2, 0.25) is 0 Å². The quantitative estimate of drug-likeness (QED) is 0.697. The number of rotatable bonds is 7. The zero-order valence-corrected chi connectivity index (χ0v) is 19.0. The van der Waals surface area contributed by atoms with Gasteiger partial charge in [0.25, 0.3) is 11.5 Å². The molecule has 0 bridgehead atoms. The molecule has 7 nitrogen and oxygen atoms in total. The summed E-state index contributed by atoms with van der Waals surface area (Å²) in [5, 5.41) is 6.17. The van der Waals surface area contributed by atoms with Crippen molar-refractivity contribution in [2.24, 2.45) is 5.92 Å². The molecule has 0 saturated carbocycles. The second-order valence-corrected chi connectivity index (χ2v) is 7.98. The minimum absolute atomic E-state index is 0. The SMILES string of the molecule is CCNCC1CCN(C(=O)c2c(C)cc(=O)n(CC(=O)NC(C)C)c2C)CC1.Cl. The number of piperidine rings is 1. The van der Waals surface area contributed by atoms with Crippen LogP contribution in [0.5, 0.6) is 0 Å². The minimum Gasteiger partial charge on any atom is -0.352 e. The first-order valence-electron chi connectivity index (χ1n) is 10.2. The van der Waals surface area contributed by atoms with Crippen LogP contribution >= 0.6 is 12.4 Å². The van der Waals surface area contributed by atoms with Gasteiger partial charge in [-0.15, -0.1) is 12.4 Å². The van der Waals surface area contributed by atoms with Crippen LogP contribution in [0.1, 0.15) is 55.2 Å². The maximum absolute atomic E-state index is 13.2. The smallest absolute Gasteiger partial charge is 0.255 e. The van der Waals surface area contributed by atoms with Gasteiger partial charge in [0.2, 0.25) is 5.91 Å². The number of carbonyl (C=O) groups is 2. The lowest BCUT2D eigenvalue weighted by Gasteiger charge is -2.33. The van der Waals surface area contributed by atoms with Gasteiger partial charge < -0.3 is 20.1 Å². The first kappa shape index (κ1) is 25.2. The van der Waals surface area contributed by atoms with Crippen LogP contribution in [0.3, 0.4) is 0 Å². The van der Waals surface area contributed by atoms with E-state index in [1.807, 2.05) is 18.7 Å². The van der Waals surface area contributed by atoms with Crippen molar-refractivity contribution in [1.82, 2.24) is 20.1 Å². The molecule has 2 amide bonds. The van der Waals surface area contributed by atoms with Gasteiger partial charge in [-0.05, 0) is 65.1 Å². The van der Waals surface area contributed by atoms with Crippen LogP contribution in [0, 0.1) is 19.8 Å². The first-order chi connectivity index (χ1) is 13.2. The number of hydrogen-bond donors (Lipinski definition) is 2. The lowest BCUT2D eigenvalue weighted by atomic mass is 9.95. The van der Waals surface area contributed by atoms with Crippen LogP contribution in [0.15, 0.2) is 10.9 Å². The van der Waals surface area contributed by atoms with Crippen molar-refractivity contribution in [3.63, 3.8) is 0 Å². The summed E-state index contributed by atoms with van der Waals surface area (Å²) in [6.07, 6.45) is 1.96. The number of aryl methyl sites for hydroxylation is 1. The van der Waals surface area contributed by atoms with Gasteiger partial charge in [0, 0.05) is 30.9 Å². The van der Waals surface area contributed by atoms with Crippen molar-refractivity contribution in [3.8, 4) is 0 Å². The zero-order chi connectivity index (χ0) is 20.8. The molecule has 0 unspecified atom stereocenters. The van der Waals surface area contributed by atoms with Gasteiger partial charge in [-0.2, -0.15) is 0 Å². The topological polar surface area (TPSA) is 83.4 Å². The van der Waals surface area contributed by atoms with Crippen LogP contribution in [0.25, 0.3) is 0 Å². The first-order valence-corrected chi connectivity index (χ1v) is 10.2. The fourth-order valence-electron chi connectivity index (χ4n) is 3.80. The summed E-state index contributed by atoms with van der Waals surface area (Å²) in [4.78, 5) is 39.6. The Hall–Kier alpha value is -1.86. The Morgan fingerprint density at radius 2 is 1.83 bits per heavy atom. The monoisotopic (exact) mass is 426 g/mol. The zero-order valence-electron chi connectivity index (χ0n) is 18.2. The lowest BCUT2D eigenvalue weighted by Crippen LogP contribution is -2.42. The highest BCUT2D eigenvalue weighted by molar-refractivity contribution is 5.96. The number of nitrogens with one attached hydrogen (secondary N) is 2.